The van der Waals surface area contributed by atoms with E-state index >= 15 is 0 Å². The average molecular weight is 264 g/mol. The third-order valence-electron chi connectivity index (χ3n) is 2.93. The van der Waals surface area contributed by atoms with Gasteiger partial charge >= 0.3 is 5.69 Å². The fourth-order valence-corrected chi connectivity index (χ4v) is 1.78. The number of rotatable bonds is 7. The van der Waals surface area contributed by atoms with Crippen molar-refractivity contribution in [2.24, 2.45) is 0 Å². The zero-order chi connectivity index (χ0) is 14.3. The van der Waals surface area contributed by atoms with Crippen LogP contribution < -0.4 is 5.69 Å². The molecule has 1 rings (SSSR count). The van der Waals surface area contributed by atoms with Gasteiger partial charge in [0.15, 0.2) is 0 Å². The predicted octanol–water partition coefficient (Wildman–Crippen LogP) is 0.822. The molecule has 1 aromatic heterocycles. The van der Waals surface area contributed by atoms with Crippen LogP contribution >= 0.6 is 0 Å². The molecule has 19 heavy (non-hydrogen) atoms. The van der Waals surface area contributed by atoms with Crippen LogP contribution in [0.4, 0.5) is 0 Å². The van der Waals surface area contributed by atoms with Gasteiger partial charge in [0, 0.05) is 45.5 Å². The summed E-state index contributed by atoms with van der Waals surface area (Å²) in [5, 5.41) is 8.46. The van der Waals surface area contributed by atoms with Crippen molar-refractivity contribution in [1.82, 2.24) is 14.0 Å². The maximum absolute atomic E-state index is 11.9. The lowest BCUT2D eigenvalue weighted by atomic mass is 10.3. The van der Waals surface area contributed by atoms with Crippen LogP contribution in [-0.2, 0) is 17.9 Å². The van der Waals surface area contributed by atoms with Crippen molar-refractivity contribution in [2.45, 2.75) is 39.3 Å². The molecule has 1 aromatic rings. The Morgan fingerprint density at radius 2 is 2.00 bits per heavy atom. The standard InChI is InChI=1S/C13H20N4O2/c1-3-7-16-10-11-17(13(16)19)9-5-12(18)15(2)8-4-6-14/h10-11H,3-5,7-9H2,1-2H3. The Labute approximate surface area is 112 Å². The quantitative estimate of drug-likeness (QED) is 0.732. The molecule has 0 aliphatic carbocycles. The van der Waals surface area contributed by atoms with Gasteiger partial charge in [-0.3, -0.25) is 13.9 Å². The van der Waals surface area contributed by atoms with Crippen LogP contribution in [-0.4, -0.2) is 33.5 Å². The van der Waals surface area contributed by atoms with Crippen molar-refractivity contribution in [2.75, 3.05) is 13.6 Å². The van der Waals surface area contributed by atoms with Gasteiger partial charge in [-0.25, -0.2) is 4.79 Å². The van der Waals surface area contributed by atoms with E-state index in [1.807, 2.05) is 13.0 Å². The summed E-state index contributed by atoms with van der Waals surface area (Å²) in [5.74, 6) is -0.0506. The lowest BCUT2D eigenvalue weighted by Gasteiger charge is -2.15. The Morgan fingerprint density at radius 3 is 2.58 bits per heavy atom. The zero-order valence-electron chi connectivity index (χ0n) is 11.5. The maximum atomic E-state index is 11.9. The molecule has 0 N–H and O–H groups in total. The number of carbonyl (C=O) groups excluding carboxylic acids is 1. The predicted molar refractivity (Wildman–Crippen MR) is 71.5 cm³/mol. The number of carbonyl (C=O) groups is 1. The van der Waals surface area contributed by atoms with E-state index in [1.54, 1.807) is 28.6 Å². The lowest BCUT2D eigenvalue weighted by molar-refractivity contribution is -0.130. The first-order valence-electron chi connectivity index (χ1n) is 6.46. The molecule has 0 aromatic carbocycles. The molecule has 0 spiro atoms. The molecule has 0 aliphatic rings. The SMILES string of the molecule is CCCn1ccn(CCC(=O)N(C)CCC#N)c1=O. The Morgan fingerprint density at radius 1 is 1.37 bits per heavy atom. The normalized spacial score (nSPS) is 10.2. The van der Waals surface area contributed by atoms with Gasteiger partial charge in [-0.05, 0) is 6.42 Å². The van der Waals surface area contributed by atoms with Crippen molar-refractivity contribution < 1.29 is 4.79 Å². The summed E-state index contributed by atoms with van der Waals surface area (Å²) < 4.78 is 3.19. The molecule has 104 valence electrons. The highest BCUT2D eigenvalue weighted by molar-refractivity contribution is 5.75. The van der Waals surface area contributed by atoms with Gasteiger partial charge in [0.05, 0.1) is 12.5 Å². The van der Waals surface area contributed by atoms with Crippen LogP contribution in [0.15, 0.2) is 17.2 Å². The molecule has 0 unspecified atom stereocenters. The third kappa shape index (κ3) is 4.28. The van der Waals surface area contributed by atoms with Gasteiger partial charge in [-0.2, -0.15) is 5.26 Å². The number of aromatic nitrogens is 2. The molecule has 0 saturated carbocycles. The molecule has 1 amide bonds. The number of nitriles is 1. The molecular formula is C13H20N4O2. The Balaban J connectivity index is 2.51. The Hall–Kier alpha value is -2.03. The van der Waals surface area contributed by atoms with E-state index in [0.29, 0.717) is 26.1 Å². The number of hydrogen-bond acceptors (Lipinski definition) is 3. The fourth-order valence-electron chi connectivity index (χ4n) is 1.78. The van der Waals surface area contributed by atoms with Crippen molar-refractivity contribution in [1.29, 1.82) is 5.26 Å². The third-order valence-corrected chi connectivity index (χ3v) is 2.93. The van der Waals surface area contributed by atoms with Crippen LogP contribution in [0.5, 0.6) is 0 Å². The van der Waals surface area contributed by atoms with Crippen molar-refractivity contribution in [3.05, 3.63) is 22.9 Å². The smallest absolute Gasteiger partial charge is 0.328 e. The second kappa shape index (κ2) is 7.41. The van der Waals surface area contributed by atoms with E-state index in [1.165, 1.54) is 4.90 Å². The van der Waals surface area contributed by atoms with E-state index in [-0.39, 0.29) is 18.0 Å². The minimum absolute atomic E-state index is 0.0506. The first-order chi connectivity index (χ1) is 9.10. The molecular weight excluding hydrogens is 244 g/mol. The lowest BCUT2D eigenvalue weighted by Crippen LogP contribution is -2.30. The highest BCUT2D eigenvalue weighted by atomic mass is 16.2. The van der Waals surface area contributed by atoms with Gasteiger partial charge in [-0.15, -0.1) is 0 Å². The highest BCUT2D eigenvalue weighted by Crippen LogP contribution is 1.96. The first kappa shape index (κ1) is 15.0. The summed E-state index contributed by atoms with van der Waals surface area (Å²) in [6, 6.07) is 2.00. The summed E-state index contributed by atoms with van der Waals surface area (Å²) in [6.45, 7) is 3.52. The number of nitrogens with zero attached hydrogens (tertiary/aromatic N) is 4. The summed E-state index contributed by atoms with van der Waals surface area (Å²) in [7, 11) is 1.67. The van der Waals surface area contributed by atoms with Crippen molar-refractivity contribution in [3.63, 3.8) is 0 Å². The van der Waals surface area contributed by atoms with E-state index < -0.39 is 0 Å². The van der Waals surface area contributed by atoms with Crippen LogP contribution in [0.1, 0.15) is 26.2 Å². The van der Waals surface area contributed by atoms with Crippen molar-refractivity contribution in [3.8, 4) is 6.07 Å². The number of aryl methyl sites for hydroxylation is 2. The maximum Gasteiger partial charge on any atom is 0.328 e. The molecule has 6 nitrogen and oxygen atoms in total. The Kier molecular flexibility index (Phi) is 5.86. The summed E-state index contributed by atoms with van der Waals surface area (Å²) in [5.41, 5.74) is -0.0747. The molecule has 0 atom stereocenters. The van der Waals surface area contributed by atoms with Crippen LogP contribution in [0.2, 0.25) is 0 Å². The molecule has 0 saturated heterocycles. The summed E-state index contributed by atoms with van der Waals surface area (Å²) in [4.78, 5) is 25.2. The van der Waals surface area contributed by atoms with Gasteiger partial charge in [0.25, 0.3) is 0 Å². The molecule has 0 bridgehead atoms. The molecule has 6 heteroatoms. The summed E-state index contributed by atoms with van der Waals surface area (Å²) >= 11 is 0. The van der Waals surface area contributed by atoms with E-state index in [4.69, 9.17) is 5.26 Å². The number of amides is 1. The zero-order valence-corrected chi connectivity index (χ0v) is 11.5. The molecule has 0 radical (unpaired) electrons. The topological polar surface area (TPSA) is 71.0 Å². The molecule has 0 aliphatic heterocycles. The van der Waals surface area contributed by atoms with E-state index in [9.17, 15) is 9.59 Å². The van der Waals surface area contributed by atoms with Crippen LogP contribution in [0.25, 0.3) is 0 Å². The Bertz CT molecular complexity index is 509. The molecule has 1 heterocycles. The monoisotopic (exact) mass is 264 g/mol. The second-order valence-corrected chi connectivity index (χ2v) is 4.44. The van der Waals surface area contributed by atoms with Crippen molar-refractivity contribution >= 4 is 5.91 Å². The van der Waals surface area contributed by atoms with Crippen LogP contribution in [0.3, 0.4) is 0 Å². The summed E-state index contributed by atoms with van der Waals surface area (Å²) in [6.07, 6.45) is 4.96. The van der Waals surface area contributed by atoms with E-state index in [2.05, 4.69) is 0 Å². The average Bonchev–Trinajstić information content (AvgIpc) is 2.75. The second-order valence-electron chi connectivity index (χ2n) is 4.44. The van der Waals surface area contributed by atoms with Gasteiger partial charge < -0.3 is 4.90 Å². The highest BCUT2D eigenvalue weighted by Gasteiger charge is 2.09. The largest absolute Gasteiger partial charge is 0.345 e. The first-order valence-corrected chi connectivity index (χ1v) is 6.46. The minimum Gasteiger partial charge on any atom is -0.345 e. The fraction of sp³-hybridized carbons (Fsp3) is 0.615. The van der Waals surface area contributed by atoms with Gasteiger partial charge in [-0.1, -0.05) is 6.92 Å². The number of imidazole rings is 1. The minimum atomic E-state index is -0.0747. The van der Waals surface area contributed by atoms with Gasteiger partial charge in [0.1, 0.15) is 0 Å². The van der Waals surface area contributed by atoms with Gasteiger partial charge in [0.2, 0.25) is 5.91 Å². The molecule has 0 fully saturated rings. The van der Waals surface area contributed by atoms with E-state index in [0.717, 1.165) is 6.42 Å². The van der Waals surface area contributed by atoms with Crippen LogP contribution in [0, 0.1) is 11.3 Å². The number of hydrogen-bond donors (Lipinski definition) is 0.